The minimum atomic E-state index is 0.0209. The first-order valence-electron chi connectivity index (χ1n) is 9.86. The molecule has 3 heterocycles. The zero-order valence-electron chi connectivity index (χ0n) is 16.7. The Morgan fingerprint density at radius 2 is 1.93 bits per heavy atom. The number of aromatic nitrogens is 3. The Bertz CT molecular complexity index is 995. The van der Waals surface area contributed by atoms with E-state index in [1.807, 2.05) is 24.4 Å². The summed E-state index contributed by atoms with van der Waals surface area (Å²) < 4.78 is 0. The van der Waals surface area contributed by atoms with Crippen LogP contribution in [0.15, 0.2) is 71.0 Å². The number of pyridine rings is 1. The Morgan fingerprint density at radius 3 is 2.53 bits per heavy atom. The highest BCUT2D eigenvalue weighted by atomic mass is 35.5. The maximum atomic E-state index is 6.62. The molecule has 4 N–H and O–H groups in total. The van der Waals surface area contributed by atoms with Gasteiger partial charge < -0.3 is 16.4 Å². The smallest absolute Gasteiger partial charge is 0.147 e. The maximum Gasteiger partial charge on any atom is 0.147 e. The van der Waals surface area contributed by atoms with E-state index in [9.17, 15) is 0 Å². The van der Waals surface area contributed by atoms with Crippen molar-refractivity contribution in [1.29, 1.82) is 0 Å². The summed E-state index contributed by atoms with van der Waals surface area (Å²) in [6, 6.07) is 1.84. The first-order chi connectivity index (χ1) is 14.5. The van der Waals surface area contributed by atoms with Crippen LogP contribution in [0.4, 0.5) is 11.6 Å². The molecule has 1 aliphatic carbocycles. The van der Waals surface area contributed by atoms with E-state index in [2.05, 4.69) is 33.0 Å². The lowest BCUT2D eigenvalue weighted by Crippen LogP contribution is -2.48. The van der Waals surface area contributed by atoms with E-state index in [4.69, 9.17) is 23.1 Å². The molecule has 0 bridgehead atoms. The Morgan fingerprint density at radius 1 is 1.17 bits per heavy atom. The van der Waals surface area contributed by atoms with Crippen molar-refractivity contribution in [1.82, 2.24) is 15.0 Å². The van der Waals surface area contributed by atoms with Crippen LogP contribution in [0.3, 0.4) is 0 Å². The molecule has 1 spiro atoms. The van der Waals surface area contributed by atoms with Gasteiger partial charge in [-0.2, -0.15) is 0 Å². The van der Waals surface area contributed by atoms with Gasteiger partial charge in [0.1, 0.15) is 16.7 Å². The average molecular weight is 441 g/mol. The minimum Gasteiger partial charge on any atom is -0.382 e. The fourth-order valence-electron chi connectivity index (χ4n) is 4.40. The molecule has 8 heteroatoms. The molecule has 2 aliphatic rings. The van der Waals surface area contributed by atoms with Crippen molar-refractivity contribution >= 4 is 35.0 Å². The standard InChI is InChI=1S/C22H25ClN6S/c1-3-14-11-22(20(24)15(14)4-2)6-9-29(10-7-22)17-12-28-18(13-27-17)30-16-5-8-26-21(25)19(16)23/h3-5,8,12-13,20H,1-2,6-7,9-11,24H2,(H2,25,26). The predicted molar refractivity (Wildman–Crippen MR) is 124 cm³/mol. The quantitative estimate of drug-likeness (QED) is 0.717. The lowest BCUT2D eigenvalue weighted by Gasteiger charge is -2.43. The van der Waals surface area contributed by atoms with Crippen molar-refractivity contribution in [2.24, 2.45) is 11.1 Å². The summed E-state index contributed by atoms with van der Waals surface area (Å²) in [5.74, 6) is 1.19. The molecule has 0 aromatic carbocycles. The molecule has 1 atom stereocenters. The third-order valence-electron chi connectivity index (χ3n) is 6.17. The van der Waals surface area contributed by atoms with Gasteiger partial charge in [0.05, 0.1) is 17.4 Å². The first kappa shape index (κ1) is 20.9. The number of anilines is 2. The van der Waals surface area contributed by atoms with Crippen LogP contribution in [-0.2, 0) is 0 Å². The summed E-state index contributed by atoms with van der Waals surface area (Å²) in [6.07, 6.45) is 12.0. The Labute approximate surface area is 186 Å². The van der Waals surface area contributed by atoms with Gasteiger partial charge in [-0.1, -0.05) is 48.7 Å². The van der Waals surface area contributed by atoms with Crippen molar-refractivity contribution in [3.8, 4) is 0 Å². The second kappa shape index (κ2) is 8.41. The number of hydrogen-bond donors (Lipinski definition) is 2. The molecule has 1 aliphatic heterocycles. The van der Waals surface area contributed by atoms with E-state index in [1.165, 1.54) is 17.3 Å². The SMILES string of the molecule is C=CC1=C(C=C)C(N)C2(CCN(c3cnc(Sc4ccnc(N)c4Cl)cn3)CC2)C1. The van der Waals surface area contributed by atoms with Crippen molar-refractivity contribution in [3.05, 3.63) is 66.1 Å². The highest BCUT2D eigenvalue weighted by Crippen LogP contribution is 2.49. The average Bonchev–Trinajstić information content (AvgIpc) is 3.03. The monoisotopic (exact) mass is 440 g/mol. The van der Waals surface area contributed by atoms with Crippen molar-refractivity contribution in [3.63, 3.8) is 0 Å². The molecule has 1 saturated heterocycles. The van der Waals surface area contributed by atoms with Crippen LogP contribution in [0.1, 0.15) is 19.3 Å². The number of nitrogen functional groups attached to an aromatic ring is 1. The van der Waals surface area contributed by atoms with Gasteiger partial charge in [-0.3, -0.25) is 0 Å². The number of hydrogen-bond acceptors (Lipinski definition) is 7. The predicted octanol–water partition coefficient (Wildman–Crippen LogP) is 4.24. The summed E-state index contributed by atoms with van der Waals surface area (Å²) in [5, 5.41) is 1.20. The highest BCUT2D eigenvalue weighted by molar-refractivity contribution is 7.99. The van der Waals surface area contributed by atoms with Gasteiger partial charge in [0.15, 0.2) is 0 Å². The largest absolute Gasteiger partial charge is 0.382 e. The Balaban J connectivity index is 1.42. The zero-order valence-corrected chi connectivity index (χ0v) is 18.3. The van der Waals surface area contributed by atoms with Crippen molar-refractivity contribution in [2.75, 3.05) is 23.7 Å². The van der Waals surface area contributed by atoms with Crippen LogP contribution in [0.5, 0.6) is 0 Å². The second-order valence-electron chi connectivity index (χ2n) is 7.72. The van der Waals surface area contributed by atoms with Crippen molar-refractivity contribution < 1.29 is 0 Å². The van der Waals surface area contributed by atoms with Crippen LogP contribution in [0.25, 0.3) is 0 Å². The van der Waals surface area contributed by atoms with Crippen molar-refractivity contribution in [2.45, 2.75) is 35.2 Å². The lowest BCUT2D eigenvalue weighted by molar-refractivity contribution is 0.204. The van der Waals surface area contributed by atoms with E-state index in [0.29, 0.717) is 10.8 Å². The van der Waals surface area contributed by atoms with Gasteiger partial charge >= 0.3 is 0 Å². The van der Waals surface area contributed by atoms with Crippen LogP contribution in [0.2, 0.25) is 5.02 Å². The molecule has 30 heavy (non-hydrogen) atoms. The van der Waals surface area contributed by atoms with E-state index in [0.717, 1.165) is 53.7 Å². The third kappa shape index (κ3) is 3.73. The van der Waals surface area contributed by atoms with Gasteiger partial charge in [0.2, 0.25) is 0 Å². The molecule has 0 radical (unpaired) electrons. The summed E-state index contributed by atoms with van der Waals surface area (Å²) in [7, 11) is 0. The fourth-order valence-corrected chi connectivity index (χ4v) is 5.38. The molecular weight excluding hydrogens is 416 g/mol. The topological polar surface area (TPSA) is 94.0 Å². The molecular formula is C22H25ClN6S. The molecule has 2 aromatic rings. The molecule has 0 saturated carbocycles. The summed E-state index contributed by atoms with van der Waals surface area (Å²) in [5.41, 5.74) is 14.9. The maximum absolute atomic E-state index is 6.62. The van der Waals surface area contributed by atoms with Gasteiger partial charge in [-0.25, -0.2) is 15.0 Å². The lowest BCUT2D eigenvalue weighted by atomic mass is 9.72. The molecule has 0 amide bonds. The number of piperidine rings is 1. The molecule has 2 aromatic heterocycles. The number of halogens is 1. The van der Waals surface area contributed by atoms with Gasteiger partial charge in [0.25, 0.3) is 0 Å². The van der Waals surface area contributed by atoms with E-state index < -0.39 is 0 Å². The van der Waals surface area contributed by atoms with Crippen LogP contribution >= 0.6 is 23.4 Å². The van der Waals surface area contributed by atoms with Gasteiger partial charge in [-0.15, -0.1) is 0 Å². The Hall–Kier alpha value is -2.35. The number of allylic oxidation sites excluding steroid dienone is 2. The fraction of sp³-hybridized carbons (Fsp3) is 0.318. The van der Waals surface area contributed by atoms with Crippen LogP contribution in [0, 0.1) is 5.41 Å². The normalized spacial score (nSPS) is 20.6. The van der Waals surface area contributed by atoms with E-state index in [-0.39, 0.29) is 11.5 Å². The van der Waals surface area contributed by atoms with E-state index in [1.54, 1.807) is 12.4 Å². The summed E-state index contributed by atoms with van der Waals surface area (Å²) in [4.78, 5) is 16.2. The van der Waals surface area contributed by atoms with E-state index >= 15 is 0 Å². The third-order valence-corrected chi connectivity index (χ3v) is 7.66. The second-order valence-corrected chi connectivity index (χ2v) is 9.16. The molecule has 156 valence electrons. The Kier molecular flexibility index (Phi) is 5.86. The molecule has 4 rings (SSSR count). The van der Waals surface area contributed by atoms with Crippen LogP contribution in [-0.4, -0.2) is 34.1 Å². The first-order valence-corrected chi connectivity index (χ1v) is 11.0. The number of nitrogens with two attached hydrogens (primary N) is 2. The molecule has 1 fully saturated rings. The van der Waals surface area contributed by atoms with Crippen LogP contribution < -0.4 is 16.4 Å². The van der Waals surface area contributed by atoms with Gasteiger partial charge in [0, 0.05) is 30.2 Å². The highest BCUT2D eigenvalue weighted by Gasteiger charge is 2.45. The molecule has 1 unspecified atom stereocenters. The molecule has 6 nitrogen and oxygen atoms in total. The summed E-state index contributed by atoms with van der Waals surface area (Å²) >= 11 is 7.64. The summed E-state index contributed by atoms with van der Waals surface area (Å²) in [6.45, 7) is 9.70. The van der Waals surface area contributed by atoms with Gasteiger partial charge in [-0.05, 0) is 41.9 Å². The minimum absolute atomic E-state index is 0.0209. The number of rotatable bonds is 5. The zero-order chi connectivity index (χ0) is 21.3. The number of nitrogens with zero attached hydrogens (tertiary/aromatic N) is 4.